The molecule has 0 bridgehead atoms. The minimum Gasteiger partial charge on any atom is -0.360 e. The van der Waals surface area contributed by atoms with E-state index in [1.54, 1.807) is 12.3 Å². The first-order chi connectivity index (χ1) is 15.1. The summed E-state index contributed by atoms with van der Waals surface area (Å²) in [7, 11) is 0. The molecule has 0 amide bonds. The van der Waals surface area contributed by atoms with Crippen molar-refractivity contribution in [2.24, 2.45) is 10.9 Å². The van der Waals surface area contributed by atoms with Gasteiger partial charge in [0.1, 0.15) is 0 Å². The SMILES string of the molecule is C=CC=NCC.C=Cc1ccc(C)cc1/C=C(\C)NC(=C)C1(F)CCN(CC(C)C)CC1.[HH]. The van der Waals surface area contributed by atoms with Crippen LogP contribution < -0.4 is 5.32 Å². The topological polar surface area (TPSA) is 27.6 Å². The summed E-state index contributed by atoms with van der Waals surface area (Å²) in [5.74, 6) is 0.613. The third-order valence-corrected chi connectivity index (χ3v) is 5.39. The fourth-order valence-corrected chi connectivity index (χ4v) is 3.71. The molecule has 1 aromatic rings. The number of nitrogens with one attached hydrogen (secondary N) is 1. The van der Waals surface area contributed by atoms with E-state index in [9.17, 15) is 0 Å². The number of aryl methyl sites for hydroxylation is 1. The molecule has 32 heavy (non-hydrogen) atoms. The molecule has 1 fully saturated rings. The highest BCUT2D eigenvalue weighted by Crippen LogP contribution is 2.32. The molecule has 1 N–H and O–H groups in total. The summed E-state index contributed by atoms with van der Waals surface area (Å²) >= 11 is 0. The monoisotopic (exact) mass is 441 g/mol. The fourth-order valence-electron chi connectivity index (χ4n) is 3.71. The number of hydrogen-bond acceptors (Lipinski definition) is 3. The van der Waals surface area contributed by atoms with Crippen LogP contribution in [-0.2, 0) is 0 Å². The predicted octanol–water partition coefficient (Wildman–Crippen LogP) is 7.07. The van der Waals surface area contributed by atoms with E-state index >= 15 is 4.39 Å². The first-order valence-electron chi connectivity index (χ1n) is 11.5. The number of aliphatic imine (C=N–C) groups is 1. The molecule has 0 saturated carbocycles. The second-order valence-electron chi connectivity index (χ2n) is 8.81. The fraction of sp³-hybridized carbons (Fsp3) is 0.464. The summed E-state index contributed by atoms with van der Waals surface area (Å²) in [5, 5.41) is 3.20. The molecule has 4 heteroatoms. The maximum Gasteiger partial charge on any atom is 0.152 e. The Morgan fingerprint density at radius 1 is 1.28 bits per heavy atom. The quantitative estimate of drug-likeness (QED) is 0.415. The Labute approximate surface area is 197 Å². The van der Waals surface area contributed by atoms with Gasteiger partial charge in [0.25, 0.3) is 0 Å². The number of rotatable bonds is 9. The van der Waals surface area contributed by atoms with Crippen molar-refractivity contribution in [3.8, 4) is 0 Å². The summed E-state index contributed by atoms with van der Waals surface area (Å²) in [5.41, 5.74) is 3.37. The van der Waals surface area contributed by atoms with Crippen molar-refractivity contribution in [2.75, 3.05) is 26.2 Å². The van der Waals surface area contributed by atoms with Gasteiger partial charge in [0.2, 0.25) is 0 Å². The minimum atomic E-state index is -1.34. The van der Waals surface area contributed by atoms with Crippen LogP contribution in [0.2, 0.25) is 0 Å². The van der Waals surface area contributed by atoms with E-state index in [1.807, 2.05) is 26.0 Å². The Morgan fingerprint density at radius 3 is 2.44 bits per heavy atom. The van der Waals surface area contributed by atoms with Gasteiger partial charge in [-0.1, -0.05) is 69.5 Å². The van der Waals surface area contributed by atoms with Gasteiger partial charge in [-0.25, -0.2) is 4.39 Å². The van der Waals surface area contributed by atoms with Crippen LogP contribution in [0.4, 0.5) is 4.39 Å². The van der Waals surface area contributed by atoms with Gasteiger partial charge in [0, 0.05) is 45.2 Å². The molecule has 178 valence electrons. The second kappa shape index (κ2) is 13.8. The number of piperidine rings is 1. The lowest BCUT2D eigenvalue weighted by Gasteiger charge is -2.38. The van der Waals surface area contributed by atoms with E-state index in [4.69, 9.17) is 0 Å². The molecule has 1 aliphatic heterocycles. The maximum absolute atomic E-state index is 15.4. The lowest BCUT2D eigenvalue weighted by atomic mass is 9.90. The van der Waals surface area contributed by atoms with Gasteiger partial charge >= 0.3 is 0 Å². The molecule has 0 spiro atoms. The molecule has 3 nitrogen and oxygen atoms in total. The van der Waals surface area contributed by atoms with Crippen LogP contribution in [0.3, 0.4) is 0 Å². The summed E-state index contributed by atoms with van der Waals surface area (Å²) in [4.78, 5) is 6.20. The molecule has 2 rings (SSSR count). The lowest BCUT2D eigenvalue weighted by molar-refractivity contribution is 0.0776. The van der Waals surface area contributed by atoms with Crippen molar-refractivity contribution in [3.63, 3.8) is 0 Å². The largest absolute Gasteiger partial charge is 0.360 e. The van der Waals surface area contributed by atoms with Crippen molar-refractivity contribution in [3.05, 3.63) is 72.1 Å². The van der Waals surface area contributed by atoms with Crippen LogP contribution in [0.25, 0.3) is 12.2 Å². The Bertz CT molecular complexity index is 818. The number of benzene rings is 1. The van der Waals surface area contributed by atoms with Gasteiger partial charge in [-0.05, 0) is 56.7 Å². The van der Waals surface area contributed by atoms with E-state index in [1.165, 1.54) is 5.56 Å². The molecule has 1 aromatic carbocycles. The number of hydrogen-bond donors (Lipinski definition) is 1. The van der Waals surface area contributed by atoms with Crippen LogP contribution in [-0.4, -0.2) is 43.0 Å². The Hall–Kier alpha value is -2.46. The molecule has 0 atom stereocenters. The summed E-state index contributed by atoms with van der Waals surface area (Å²) < 4.78 is 15.4. The van der Waals surface area contributed by atoms with Gasteiger partial charge < -0.3 is 10.2 Å². The molecular weight excluding hydrogens is 397 g/mol. The maximum atomic E-state index is 15.4. The zero-order chi connectivity index (χ0) is 24.1. The van der Waals surface area contributed by atoms with Crippen molar-refractivity contribution in [1.82, 2.24) is 10.2 Å². The standard InChI is InChI=1S/C23H33FN2.C5H9N.H2/c1-7-21-9-8-18(4)14-22(21)15-19(5)25-20(6)23(24)10-12-26(13-11-23)16-17(2)3;1-3-5-6-4-2;/h7-9,14-15,17,25H,1,6,10-13,16H2,2-5H3;3,5H,1,4H2,2H3;1H/b19-15+;;. The first kappa shape index (κ1) is 27.6. The summed E-state index contributed by atoms with van der Waals surface area (Å²) in [6, 6.07) is 6.23. The van der Waals surface area contributed by atoms with Crippen molar-refractivity contribution in [2.45, 2.75) is 53.1 Å². The molecule has 1 aliphatic rings. The molecule has 1 saturated heterocycles. The molecule has 0 aliphatic carbocycles. The van der Waals surface area contributed by atoms with Crippen LogP contribution in [0.15, 0.2) is 60.4 Å². The van der Waals surface area contributed by atoms with Crippen LogP contribution in [0.1, 0.15) is 58.7 Å². The normalized spacial score (nSPS) is 16.4. The number of likely N-dealkylation sites (tertiary alicyclic amines) is 1. The molecule has 0 radical (unpaired) electrons. The zero-order valence-corrected chi connectivity index (χ0v) is 20.8. The van der Waals surface area contributed by atoms with Crippen LogP contribution in [0, 0.1) is 12.8 Å². The van der Waals surface area contributed by atoms with Gasteiger partial charge in [-0.2, -0.15) is 0 Å². The highest BCUT2D eigenvalue weighted by Gasteiger charge is 2.37. The van der Waals surface area contributed by atoms with Crippen molar-refractivity contribution < 1.29 is 5.82 Å². The first-order valence-corrected chi connectivity index (χ1v) is 11.5. The zero-order valence-electron chi connectivity index (χ0n) is 20.8. The average molecular weight is 442 g/mol. The van der Waals surface area contributed by atoms with E-state index in [2.05, 4.69) is 73.9 Å². The van der Waals surface area contributed by atoms with Crippen molar-refractivity contribution >= 4 is 18.4 Å². The van der Waals surface area contributed by atoms with E-state index in [0.29, 0.717) is 24.5 Å². The highest BCUT2D eigenvalue weighted by molar-refractivity contribution is 5.69. The summed E-state index contributed by atoms with van der Waals surface area (Å²) in [6.07, 6.45) is 8.24. The number of nitrogens with zero attached hydrogens (tertiary/aromatic N) is 2. The molecule has 0 aromatic heterocycles. The molecule has 0 unspecified atom stereocenters. The third kappa shape index (κ3) is 9.35. The van der Waals surface area contributed by atoms with E-state index in [0.717, 1.165) is 43.0 Å². The van der Waals surface area contributed by atoms with E-state index < -0.39 is 5.67 Å². The predicted molar refractivity (Wildman–Crippen MR) is 143 cm³/mol. The Kier molecular flexibility index (Phi) is 11.9. The van der Waals surface area contributed by atoms with Gasteiger partial charge in [-0.15, -0.1) is 0 Å². The minimum absolute atomic E-state index is 0. The number of allylic oxidation sites excluding steroid dienone is 3. The summed E-state index contributed by atoms with van der Waals surface area (Å²) in [6.45, 7) is 25.2. The van der Waals surface area contributed by atoms with Crippen LogP contribution >= 0.6 is 0 Å². The van der Waals surface area contributed by atoms with Crippen LogP contribution in [0.5, 0.6) is 0 Å². The van der Waals surface area contributed by atoms with Crippen molar-refractivity contribution in [1.29, 1.82) is 0 Å². The number of alkyl halides is 1. The van der Waals surface area contributed by atoms with E-state index in [-0.39, 0.29) is 1.43 Å². The lowest BCUT2D eigenvalue weighted by Crippen LogP contribution is -2.46. The Morgan fingerprint density at radius 2 is 1.94 bits per heavy atom. The second-order valence-corrected chi connectivity index (χ2v) is 8.81. The molecular formula is C28H44FN3. The molecule has 1 heterocycles. The highest BCUT2D eigenvalue weighted by atomic mass is 19.1. The number of halogens is 1. The average Bonchev–Trinajstić information content (AvgIpc) is 2.74. The van der Waals surface area contributed by atoms with Gasteiger partial charge in [-0.3, -0.25) is 4.99 Å². The van der Waals surface area contributed by atoms with Gasteiger partial charge in [0.05, 0.1) is 0 Å². The third-order valence-electron chi connectivity index (χ3n) is 5.39. The smallest absolute Gasteiger partial charge is 0.152 e. The van der Waals surface area contributed by atoms with Gasteiger partial charge in [0.15, 0.2) is 5.67 Å². The Balaban J connectivity index is 0.00000129.